The molecular formula is C24H15F5N6O2. The SMILES string of the molecule is Cc1c(NC(=O)c2cc(C(N)=O)nc3cccc(F)c23)c(C(F)(F)F)nn1Cc1ccc(F)cc1C#N. The average Bonchev–Trinajstić information content (AvgIpc) is 3.14. The predicted octanol–water partition coefficient (Wildman–Crippen LogP) is 4.31. The van der Waals surface area contributed by atoms with E-state index >= 15 is 0 Å². The molecule has 0 fully saturated rings. The minimum atomic E-state index is -5.01. The zero-order valence-corrected chi connectivity index (χ0v) is 18.8. The van der Waals surface area contributed by atoms with Crippen molar-refractivity contribution in [1.29, 1.82) is 5.26 Å². The van der Waals surface area contributed by atoms with Crippen LogP contribution in [0.2, 0.25) is 0 Å². The number of anilines is 1. The summed E-state index contributed by atoms with van der Waals surface area (Å²) in [6, 6.07) is 9.46. The molecule has 0 bridgehead atoms. The normalized spacial score (nSPS) is 11.4. The first-order valence-electron chi connectivity index (χ1n) is 10.4. The van der Waals surface area contributed by atoms with Crippen LogP contribution in [0.1, 0.15) is 43.4 Å². The van der Waals surface area contributed by atoms with Crippen LogP contribution >= 0.6 is 0 Å². The summed E-state index contributed by atoms with van der Waals surface area (Å²) in [5.74, 6) is -3.80. The fraction of sp³-hybridized carbons (Fsp3) is 0.125. The van der Waals surface area contributed by atoms with Gasteiger partial charge in [0.2, 0.25) is 0 Å². The molecule has 37 heavy (non-hydrogen) atoms. The molecule has 3 N–H and O–H groups in total. The van der Waals surface area contributed by atoms with E-state index in [0.717, 1.165) is 28.9 Å². The molecule has 0 radical (unpaired) electrons. The molecule has 0 aliphatic rings. The first-order chi connectivity index (χ1) is 17.4. The lowest BCUT2D eigenvalue weighted by atomic mass is 10.1. The monoisotopic (exact) mass is 514 g/mol. The van der Waals surface area contributed by atoms with Crippen LogP contribution in [0.3, 0.4) is 0 Å². The third-order valence-electron chi connectivity index (χ3n) is 5.51. The molecule has 8 nitrogen and oxygen atoms in total. The molecule has 4 aromatic rings. The van der Waals surface area contributed by atoms with E-state index < -0.39 is 52.3 Å². The minimum absolute atomic E-state index is 0.105. The number of rotatable bonds is 5. The van der Waals surface area contributed by atoms with Gasteiger partial charge in [0.25, 0.3) is 11.8 Å². The molecule has 2 aromatic heterocycles. The molecule has 0 unspecified atom stereocenters. The van der Waals surface area contributed by atoms with Crippen LogP contribution in [0.5, 0.6) is 0 Å². The number of nitriles is 1. The molecular weight excluding hydrogens is 499 g/mol. The number of nitrogens with zero attached hydrogens (tertiary/aromatic N) is 4. The Balaban J connectivity index is 1.81. The second kappa shape index (κ2) is 9.30. The highest BCUT2D eigenvalue weighted by molar-refractivity contribution is 6.14. The summed E-state index contributed by atoms with van der Waals surface area (Å²) in [5, 5.41) is 14.6. The van der Waals surface area contributed by atoms with Gasteiger partial charge < -0.3 is 11.1 Å². The zero-order chi connectivity index (χ0) is 27.1. The van der Waals surface area contributed by atoms with Crippen molar-refractivity contribution in [2.45, 2.75) is 19.6 Å². The maximum Gasteiger partial charge on any atom is 0.437 e. The Morgan fingerprint density at radius 1 is 1.16 bits per heavy atom. The number of halogens is 5. The lowest BCUT2D eigenvalue weighted by Crippen LogP contribution is -2.20. The Kier molecular flexibility index (Phi) is 6.35. The average molecular weight is 514 g/mol. The number of nitrogens with one attached hydrogen (secondary N) is 1. The number of aromatic nitrogens is 3. The molecule has 0 atom stereocenters. The van der Waals surface area contributed by atoms with Gasteiger partial charge in [-0.3, -0.25) is 14.3 Å². The number of hydrogen-bond acceptors (Lipinski definition) is 5. The molecule has 2 amide bonds. The van der Waals surface area contributed by atoms with Gasteiger partial charge in [-0.05, 0) is 42.8 Å². The van der Waals surface area contributed by atoms with E-state index in [1.807, 2.05) is 0 Å². The maximum atomic E-state index is 14.6. The number of nitrogens with two attached hydrogens (primary N) is 1. The van der Waals surface area contributed by atoms with Crippen LogP contribution in [0.25, 0.3) is 10.9 Å². The van der Waals surface area contributed by atoms with Gasteiger partial charge in [-0.15, -0.1) is 0 Å². The number of carbonyl (C=O) groups is 2. The van der Waals surface area contributed by atoms with Crippen molar-refractivity contribution in [2.75, 3.05) is 5.32 Å². The van der Waals surface area contributed by atoms with Gasteiger partial charge in [0, 0.05) is 5.39 Å². The van der Waals surface area contributed by atoms with Gasteiger partial charge in [0.1, 0.15) is 17.3 Å². The van der Waals surface area contributed by atoms with Gasteiger partial charge in [0.05, 0.1) is 40.6 Å². The first kappa shape index (κ1) is 25.2. The minimum Gasteiger partial charge on any atom is -0.364 e. The molecule has 2 aromatic carbocycles. The van der Waals surface area contributed by atoms with Crippen molar-refractivity contribution < 1.29 is 31.5 Å². The van der Waals surface area contributed by atoms with Gasteiger partial charge >= 0.3 is 6.18 Å². The summed E-state index contributed by atoms with van der Waals surface area (Å²) >= 11 is 0. The Bertz CT molecular complexity index is 1620. The highest BCUT2D eigenvalue weighted by Crippen LogP contribution is 2.37. The number of pyridine rings is 1. The molecule has 4 rings (SSSR count). The quantitative estimate of drug-likeness (QED) is 0.384. The molecule has 13 heteroatoms. The van der Waals surface area contributed by atoms with Crippen LogP contribution in [-0.4, -0.2) is 26.6 Å². The van der Waals surface area contributed by atoms with E-state index in [0.29, 0.717) is 0 Å². The maximum absolute atomic E-state index is 14.6. The van der Waals surface area contributed by atoms with Crippen molar-refractivity contribution in [3.8, 4) is 6.07 Å². The van der Waals surface area contributed by atoms with Gasteiger partial charge in [0.15, 0.2) is 5.69 Å². The lowest BCUT2D eigenvalue weighted by Gasteiger charge is -2.12. The fourth-order valence-corrected chi connectivity index (χ4v) is 3.73. The number of hydrogen-bond donors (Lipinski definition) is 2. The summed E-state index contributed by atoms with van der Waals surface area (Å²) < 4.78 is 70.5. The second-order valence-electron chi connectivity index (χ2n) is 7.89. The molecule has 0 saturated carbocycles. The molecule has 0 aliphatic carbocycles. The molecule has 2 heterocycles. The van der Waals surface area contributed by atoms with E-state index in [4.69, 9.17) is 5.73 Å². The topological polar surface area (TPSA) is 127 Å². The Morgan fingerprint density at radius 3 is 2.54 bits per heavy atom. The molecule has 188 valence electrons. The first-order valence-corrected chi connectivity index (χ1v) is 10.4. The third kappa shape index (κ3) is 4.81. The van der Waals surface area contributed by atoms with E-state index in [1.165, 1.54) is 25.1 Å². The summed E-state index contributed by atoms with van der Waals surface area (Å²) in [5.41, 5.74) is 2.03. The molecule has 0 aliphatic heterocycles. The van der Waals surface area contributed by atoms with Crippen molar-refractivity contribution in [3.63, 3.8) is 0 Å². The highest BCUT2D eigenvalue weighted by atomic mass is 19.4. The number of fused-ring (bicyclic) bond motifs is 1. The van der Waals surface area contributed by atoms with E-state index in [2.05, 4.69) is 15.4 Å². The van der Waals surface area contributed by atoms with Crippen LogP contribution in [0.4, 0.5) is 27.6 Å². The van der Waals surface area contributed by atoms with Gasteiger partial charge in [-0.1, -0.05) is 12.1 Å². The smallest absolute Gasteiger partial charge is 0.364 e. The Morgan fingerprint density at radius 2 is 1.89 bits per heavy atom. The molecule has 0 saturated heterocycles. The largest absolute Gasteiger partial charge is 0.437 e. The third-order valence-corrected chi connectivity index (χ3v) is 5.51. The lowest BCUT2D eigenvalue weighted by molar-refractivity contribution is -0.140. The summed E-state index contributed by atoms with van der Waals surface area (Å²) in [7, 11) is 0. The number of primary amides is 1. The van der Waals surface area contributed by atoms with Crippen LogP contribution in [-0.2, 0) is 12.7 Å². The summed E-state index contributed by atoms with van der Waals surface area (Å²) in [6.45, 7) is 0.903. The van der Waals surface area contributed by atoms with Crippen molar-refractivity contribution in [2.24, 2.45) is 5.73 Å². The fourth-order valence-electron chi connectivity index (χ4n) is 3.73. The number of carbonyl (C=O) groups excluding carboxylic acids is 2. The number of amides is 2. The predicted molar refractivity (Wildman–Crippen MR) is 120 cm³/mol. The van der Waals surface area contributed by atoms with E-state index in [9.17, 15) is 36.8 Å². The van der Waals surface area contributed by atoms with Crippen LogP contribution in [0.15, 0.2) is 42.5 Å². The van der Waals surface area contributed by atoms with Crippen LogP contribution < -0.4 is 11.1 Å². The number of alkyl halides is 3. The van der Waals surface area contributed by atoms with Crippen molar-refractivity contribution >= 4 is 28.4 Å². The summed E-state index contributed by atoms with van der Waals surface area (Å²) in [6.07, 6.45) is -5.01. The van der Waals surface area contributed by atoms with E-state index in [1.54, 1.807) is 6.07 Å². The van der Waals surface area contributed by atoms with Crippen molar-refractivity contribution in [1.82, 2.24) is 14.8 Å². The van der Waals surface area contributed by atoms with Gasteiger partial charge in [-0.2, -0.15) is 23.5 Å². The Labute approximate surface area is 205 Å². The molecule has 0 spiro atoms. The standard InChI is InChI=1S/C24H15F5N6O2/c1-11-20(21(24(27,28)29)34-35(11)10-12-5-6-14(25)7-13(12)9-30)33-23(37)15-8-18(22(31)36)32-17-4-2-3-16(26)19(15)17/h2-8H,10H2,1H3,(H2,31,36)(H,33,37). The number of benzene rings is 2. The summed E-state index contributed by atoms with van der Waals surface area (Å²) in [4.78, 5) is 28.7. The van der Waals surface area contributed by atoms with Crippen LogP contribution in [0, 0.1) is 29.9 Å². The van der Waals surface area contributed by atoms with E-state index in [-0.39, 0.29) is 34.3 Å². The Hall–Kier alpha value is -4.86. The zero-order valence-electron chi connectivity index (χ0n) is 18.8. The van der Waals surface area contributed by atoms with Crippen molar-refractivity contribution in [3.05, 3.63) is 87.9 Å². The second-order valence-corrected chi connectivity index (χ2v) is 7.89. The van der Waals surface area contributed by atoms with Gasteiger partial charge in [-0.25, -0.2) is 13.8 Å². The highest BCUT2D eigenvalue weighted by Gasteiger charge is 2.39.